The first-order valence-electron chi connectivity index (χ1n) is 4.55. The van der Waals surface area contributed by atoms with Crippen LogP contribution in [0.5, 0.6) is 0 Å². The van der Waals surface area contributed by atoms with Gasteiger partial charge in [-0.05, 0) is 25.7 Å². The second-order valence-electron chi connectivity index (χ2n) is 3.44. The molecule has 1 saturated heterocycles. The van der Waals surface area contributed by atoms with Crippen LogP contribution >= 0.6 is 0 Å². The summed E-state index contributed by atoms with van der Waals surface area (Å²) in [6.07, 6.45) is 2.14. The molecule has 0 saturated carbocycles. The van der Waals surface area contributed by atoms with Crippen LogP contribution in [0, 0.1) is 5.92 Å². The van der Waals surface area contributed by atoms with E-state index in [1.807, 2.05) is 0 Å². The molecular formula is C9H17NO2. The topological polar surface area (TPSA) is 38.3 Å². The maximum atomic E-state index is 10.8. The first-order valence-corrected chi connectivity index (χ1v) is 4.55. The quantitative estimate of drug-likeness (QED) is 0.671. The average molecular weight is 171 g/mol. The fourth-order valence-electron chi connectivity index (χ4n) is 1.65. The van der Waals surface area contributed by atoms with E-state index in [9.17, 15) is 4.79 Å². The first kappa shape index (κ1) is 9.52. The van der Waals surface area contributed by atoms with E-state index < -0.39 is 0 Å². The van der Waals surface area contributed by atoms with Gasteiger partial charge >= 0.3 is 0 Å². The van der Waals surface area contributed by atoms with Gasteiger partial charge in [0.15, 0.2) is 0 Å². The van der Waals surface area contributed by atoms with Crippen LogP contribution in [0.15, 0.2) is 0 Å². The maximum absolute atomic E-state index is 10.8. The van der Waals surface area contributed by atoms with Gasteiger partial charge in [-0.15, -0.1) is 0 Å². The van der Waals surface area contributed by atoms with Crippen molar-refractivity contribution in [1.29, 1.82) is 0 Å². The van der Waals surface area contributed by atoms with Gasteiger partial charge in [-0.3, -0.25) is 4.79 Å². The molecule has 1 amide bonds. The van der Waals surface area contributed by atoms with Gasteiger partial charge in [0.2, 0.25) is 5.91 Å². The summed E-state index contributed by atoms with van der Waals surface area (Å²) in [6.45, 7) is 5.32. The van der Waals surface area contributed by atoms with Crippen LogP contribution in [0.25, 0.3) is 0 Å². The molecular weight excluding hydrogens is 154 g/mol. The van der Waals surface area contributed by atoms with Crippen molar-refractivity contribution in [1.82, 2.24) is 5.32 Å². The molecule has 1 rings (SSSR count). The summed E-state index contributed by atoms with van der Waals surface area (Å²) >= 11 is 0. The predicted molar refractivity (Wildman–Crippen MR) is 46.8 cm³/mol. The Morgan fingerprint density at radius 2 is 2.08 bits per heavy atom. The van der Waals surface area contributed by atoms with Crippen LogP contribution in [0.1, 0.15) is 26.7 Å². The molecule has 1 atom stereocenters. The van der Waals surface area contributed by atoms with Crippen LogP contribution in [0.4, 0.5) is 0 Å². The lowest BCUT2D eigenvalue weighted by Crippen LogP contribution is -2.39. The molecule has 1 N–H and O–H groups in total. The van der Waals surface area contributed by atoms with Crippen LogP contribution in [0.2, 0.25) is 0 Å². The third kappa shape index (κ3) is 2.81. The molecule has 1 fully saturated rings. The van der Waals surface area contributed by atoms with E-state index in [1.54, 1.807) is 6.92 Å². The first-order chi connectivity index (χ1) is 5.70. The lowest BCUT2D eigenvalue weighted by molar-refractivity contribution is -0.120. The molecule has 0 radical (unpaired) electrons. The fourth-order valence-corrected chi connectivity index (χ4v) is 1.65. The Morgan fingerprint density at radius 3 is 2.58 bits per heavy atom. The van der Waals surface area contributed by atoms with E-state index in [-0.39, 0.29) is 5.91 Å². The number of hydrogen-bond donors (Lipinski definition) is 1. The molecule has 0 spiro atoms. The summed E-state index contributed by atoms with van der Waals surface area (Å²) in [5.74, 6) is 0.664. The third-order valence-corrected chi connectivity index (χ3v) is 2.40. The van der Waals surface area contributed by atoms with Crippen molar-refractivity contribution in [2.45, 2.75) is 32.7 Å². The maximum Gasteiger partial charge on any atom is 0.217 e. The molecule has 0 aliphatic carbocycles. The zero-order valence-electron chi connectivity index (χ0n) is 7.80. The van der Waals surface area contributed by atoms with E-state index >= 15 is 0 Å². The Hall–Kier alpha value is -0.570. The standard InChI is InChI=1S/C9H17NO2/c1-7(10-8(2)11)9-3-5-12-6-4-9/h7,9H,3-6H2,1-2H3,(H,10,11)/t7-/m0/s1. The molecule has 0 aromatic carbocycles. The van der Waals surface area contributed by atoms with E-state index in [2.05, 4.69) is 12.2 Å². The summed E-state index contributed by atoms with van der Waals surface area (Å²) in [5, 5.41) is 2.92. The summed E-state index contributed by atoms with van der Waals surface area (Å²) in [6, 6.07) is 0.298. The van der Waals surface area contributed by atoms with Crippen molar-refractivity contribution in [3.8, 4) is 0 Å². The highest BCUT2D eigenvalue weighted by atomic mass is 16.5. The third-order valence-electron chi connectivity index (χ3n) is 2.40. The Bertz CT molecular complexity index is 153. The van der Waals surface area contributed by atoms with Gasteiger partial charge in [-0.1, -0.05) is 0 Å². The van der Waals surface area contributed by atoms with Gasteiger partial charge in [0.25, 0.3) is 0 Å². The normalized spacial score (nSPS) is 21.8. The molecule has 3 nitrogen and oxygen atoms in total. The van der Waals surface area contributed by atoms with Gasteiger partial charge in [-0.2, -0.15) is 0 Å². The predicted octanol–water partition coefficient (Wildman–Crippen LogP) is 0.938. The van der Waals surface area contributed by atoms with E-state index in [0.717, 1.165) is 26.1 Å². The minimum Gasteiger partial charge on any atom is -0.381 e. The van der Waals surface area contributed by atoms with E-state index in [0.29, 0.717) is 12.0 Å². The van der Waals surface area contributed by atoms with Crippen molar-refractivity contribution >= 4 is 5.91 Å². The average Bonchev–Trinajstić information content (AvgIpc) is 2.05. The molecule has 0 aromatic rings. The van der Waals surface area contributed by atoms with Crippen molar-refractivity contribution in [2.24, 2.45) is 5.92 Å². The zero-order chi connectivity index (χ0) is 8.97. The van der Waals surface area contributed by atoms with Gasteiger partial charge in [0, 0.05) is 26.2 Å². The van der Waals surface area contributed by atoms with E-state index in [4.69, 9.17) is 4.74 Å². The SMILES string of the molecule is CC(=O)N[C@@H](C)C1CCOCC1. The number of amides is 1. The lowest BCUT2D eigenvalue weighted by atomic mass is 9.93. The molecule has 1 heterocycles. The number of hydrogen-bond acceptors (Lipinski definition) is 2. The molecule has 12 heavy (non-hydrogen) atoms. The molecule has 1 aliphatic rings. The second-order valence-corrected chi connectivity index (χ2v) is 3.44. The minimum absolute atomic E-state index is 0.0639. The van der Waals surface area contributed by atoms with Crippen molar-refractivity contribution < 1.29 is 9.53 Å². The highest BCUT2D eigenvalue weighted by molar-refractivity contribution is 5.73. The van der Waals surface area contributed by atoms with Gasteiger partial charge in [0.05, 0.1) is 0 Å². The second kappa shape index (κ2) is 4.45. The summed E-state index contributed by atoms with van der Waals surface area (Å²) in [4.78, 5) is 10.8. The summed E-state index contributed by atoms with van der Waals surface area (Å²) in [5.41, 5.74) is 0. The van der Waals surface area contributed by atoms with Crippen molar-refractivity contribution in [2.75, 3.05) is 13.2 Å². The number of carbonyl (C=O) groups excluding carboxylic acids is 1. The summed E-state index contributed by atoms with van der Waals surface area (Å²) in [7, 11) is 0. The fraction of sp³-hybridized carbons (Fsp3) is 0.889. The molecule has 0 aromatic heterocycles. The number of nitrogens with one attached hydrogen (secondary N) is 1. The zero-order valence-corrected chi connectivity index (χ0v) is 7.80. The van der Waals surface area contributed by atoms with Crippen LogP contribution in [-0.4, -0.2) is 25.2 Å². The van der Waals surface area contributed by atoms with Crippen LogP contribution < -0.4 is 5.32 Å². The van der Waals surface area contributed by atoms with Crippen LogP contribution in [-0.2, 0) is 9.53 Å². The Labute approximate surface area is 73.5 Å². The van der Waals surface area contributed by atoms with Crippen LogP contribution in [0.3, 0.4) is 0 Å². The highest BCUT2D eigenvalue weighted by Gasteiger charge is 2.20. The monoisotopic (exact) mass is 171 g/mol. The largest absolute Gasteiger partial charge is 0.381 e. The number of carbonyl (C=O) groups is 1. The van der Waals surface area contributed by atoms with Gasteiger partial charge in [-0.25, -0.2) is 0 Å². The molecule has 3 heteroatoms. The lowest BCUT2D eigenvalue weighted by Gasteiger charge is -2.27. The van der Waals surface area contributed by atoms with Crippen molar-refractivity contribution in [3.05, 3.63) is 0 Å². The van der Waals surface area contributed by atoms with E-state index in [1.165, 1.54) is 0 Å². The minimum atomic E-state index is 0.0639. The molecule has 1 aliphatic heterocycles. The highest BCUT2D eigenvalue weighted by Crippen LogP contribution is 2.18. The van der Waals surface area contributed by atoms with Crippen molar-refractivity contribution in [3.63, 3.8) is 0 Å². The van der Waals surface area contributed by atoms with Gasteiger partial charge in [0.1, 0.15) is 0 Å². The molecule has 0 unspecified atom stereocenters. The molecule has 70 valence electrons. The number of rotatable bonds is 2. The summed E-state index contributed by atoms with van der Waals surface area (Å²) < 4.78 is 5.24. The Kier molecular flexibility index (Phi) is 3.53. The Morgan fingerprint density at radius 1 is 1.50 bits per heavy atom. The number of ether oxygens (including phenoxy) is 1. The smallest absolute Gasteiger partial charge is 0.217 e. The Balaban J connectivity index is 2.29. The van der Waals surface area contributed by atoms with Gasteiger partial charge < -0.3 is 10.1 Å². The molecule has 0 bridgehead atoms.